The van der Waals surface area contributed by atoms with Gasteiger partial charge in [0, 0.05) is 25.4 Å². The molecular weight excluding hydrogens is 244 g/mol. The van der Waals surface area contributed by atoms with Crippen LogP contribution in [0.2, 0.25) is 0 Å². The number of aryl methyl sites for hydroxylation is 1. The van der Waals surface area contributed by atoms with E-state index in [0.717, 1.165) is 17.1 Å². The molecule has 2 aromatic heterocycles. The molecule has 2 aromatic rings. The largest absolute Gasteiger partial charge is 0.360 e. The highest BCUT2D eigenvalue weighted by Crippen LogP contribution is 2.21. The van der Waals surface area contributed by atoms with Crippen molar-refractivity contribution in [3.05, 3.63) is 17.1 Å². The summed E-state index contributed by atoms with van der Waals surface area (Å²) in [5.74, 6) is 2.06. The lowest BCUT2D eigenvalue weighted by Crippen LogP contribution is -2.17. The average Bonchev–Trinajstić information content (AvgIpc) is 2.88. The molecule has 0 aliphatic carbocycles. The molecule has 1 unspecified atom stereocenters. The molecule has 102 valence electrons. The van der Waals surface area contributed by atoms with Crippen LogP contribution < -0.4 is 10.2 Å². The molecule has 0 radical (unpaired) electrons. The topological polar surface area (TPSA) is 95.5 Å². The highest BCUT2D eigenvalue weighted by molar-refractivity contribution is 5.50. The number of tetrazole rings is 1. The number of nitrogens with zero attached hydrogens (tertiary/aromatic N) is 6. The summed E-state index contributed by atoms with van der Waals surface area (Å²) < 4.78 is 0. The van der Waals surface area contributed by atoms with Crippen LogP contribution in [-0.4, -0.2) is 44.7 Å². The summed E-state index contributed by atoms with van der Waals surface area (Å²) in [7, 11) is 3.83. The first kappa shape index (κ1) is 13.2. The number of hydrogen-bond donors (Lipinski definition) is 2. The predicted octanol–water partition coefficient (Wildman–Crippen LogP) is 0.846. The molecule has 0 aromatic carbocycles. The Bertz CT molecular complexity index is 548. The van der Waals surface area contributed by atoms with Crippen LogP contribution in [0, 0.1) is 13.8 Å². The van der Waals surface area contributed by atoms with E-state index in [0.29, 0.717) is 11.8 Å². The van der Waals surface area contributed by atoms with Gasteiger partial charge in [-0.15, -0.1) is 10.2 Å². The Morgan fingerprint density at radius 2 is 1.95 bits per heavy atom. The fourth-order valence-corrected chi connectivity index (χ4v) is 1.58. The lowest BCUT2D eigenvalue weighted by Gasteiger charge is -2.17. The van der Waals surface area contributed by atoms with Crippen molar-refractivity contribution in [1.82, 2.24) is 30.6 Å². The van der Waals surface area contributed by atoms with Crippen molar-refractivity contribution in [3.63, 3.8) is 0 Å². The van der Waals surface area contributed by atoms with E-state index in [1.54, 1.807) is 0 Å². The SMILES string of the molecule is Cc1nc(N(C)C)nc(NC(C)c2nn[nH]n2)c1C. The van der Waals surface area contributed by atoms with E-state index < -0.39 is 0 Å². The summed E-state index contributed by atoms with van der Waals surface area (Å²) in [6.07, 6.45) is 0. The Hall–Kier alpha value is -2.25. The van der Waals surface area contributed by atoms with E-state index in [2.05, 4.69) is 35.9 Å². The lowest BCUT2D eigenvalue weighted by molar-refractivity contribution is 0.783. The molecule has 2 rings (SSSR count). The van der Waals surface area contributed by atoms with E-state index in [1.165, 1.54) is 0 Å². The van der Waals surface area contributed by atoms with Crippen LogP contribution in [0.3, 0.4) is 0 Å². The van der Waals surface area contributed by atoms with Crippen LogP contribution >= 0.6 is 0 Å². The second-order valence-corrected chi connectivity index (χ2v) is 4.61. The molecule has 2 heterocycles. The summed E-state index contributed by atoms with van der Waals surface area (Å²) in [5.41, 5.74) is 1.96. The van der Waals surface area contributed by atoms with Gasteiger partial charge in [-0.2, -0.15) is 10.2 Å². The fraction of sp³-hybridized carbons (Fsp3) is 0.545. The maximum absolute atomic E-state index is 4.50. The van der Waals surface area contributed by atoms with Crippen molar-refractivity contribution in [2.24, 2.45) is 0 Å². The van der Waals surface area contributed by atoms with Gasteiger partial charge in [-0.3, -0.25) is 0 Å². The van der Waals surface area contributed by atoms with Gasteiger partial charge < -0.3 is 10.2 Å². The average molecular weight is 262 g/mol. The smallest absolute Gasteiger partial charge is 0.227 e. The van der Waals surface area contributed by atoms with Crippen molar-refractivity contribution in [1.29, 1.82) is 0 Å². The predicted molar refractivity (Wildman–Crippen MR) is 72.0 cm³/mol. The molecule has 0 spiro atoms. The summed E-state index contributed by atoms with van der Waals surface area (Å²) in [5, 5.41) is 17.2. The molecule has 0 fully saturated rings. The maximum atomic E-state index is 4.50. The van der Waals surface area contributed by atoms with Gasteiger partial charge in [0.25, 0.3) is 0 Å². The van der Waals surface area contributed by atoms with E-state index in [-0.39, 0.29) is 6.04 Å². The van der Waals surface area contributed by atoms with Gasteiger partial charge in [-0.25, -0.2) is 4.98 Å². The number of aromatic amines is 1. The van der Waals surface area contributed by atoms with Gasteiger partial charge in [0.05, 0.1) is 6.04 Å². The van der Waals surface area contributed by atoms with Gasteiger partial charge in [0.15, 0.2) is 5.82 Å². The number of hydrogen-bond acceptors (Lipinski definition) is 7. The zero-order valence-corrected chi connectivity index (χ0v) is 11.8. The Kier molecular flexibility index (Phi) is 3.59. The number of rotatable bonds is 4. The van der Waals surface area contributed by atoms with Crippen molar-refractivity contribution < 1.29 is 0 Å². The molecule has 8 nitrogen and oxygen atoms in total. The van der Waals surface area contributed by atoms with Crippen LogP contribution in [-0.2, 0) is 0 Å². The van der Waals surface area contributed by atoms with Gasteiger partial charge in [-0.1, -0.05) is 5.21 Å². The summed E-state index contributed by atoms with van der Waals surface area (Å²) >= 11 is 0. The minimum absolute atomic E-state index is 0.0817. The molecule has 0 aliphatic heterocycles. The molecule has 1 atom stereocenters. The molecular formula is C11H18N8. The normalized spacial score (nSPS) is 12.3. The number of H-pyrrole nitrogens is 1. The minimum atomic E-state index is -0.0817. The lowest BCUT2D eigenvalue weighted by atomic mass is 10.2. The molecule has 19 heavy (non-hydrogen) atoms. The Morgan fingerprint density at radius 1 is 1.21 bits per heavy atom. The van der Waals surface area contributed by atoms with Gasteiger partial charge >= 0.3 is 0 Å². The van der Waals surface area contributed by atoms with Crippen molar-refractivity contribution in [3.8, 4) is 0 Å². The van der Waals surface area contributed by atoms with Gasteiger partial charge in [-0.05, 0) is 20.8 Å². The number of aromatic nitrogens is 6. The maximum Gasteiger partial charge on any atom is 0.227 e. The third-order valence-electron chi connectivity index (χ3n) is 2.88. The Labute approximate surface area is 111 Å². The summed E-state index contributed by atoms with van der Waals surface area (Å²) in [4.78, 5) is 10.8. The molecule has 2 N–H and O–H groups in total. The second-order valence-electron chi connectivity index (χ2n) is 4.61. The third kappa shape index (κ3) is 2.78. The molecule has 0 bridgehead atoms. The highest BCUT2D eigenvalue weighted by atomic mass is 15.5. The van der Waals surface area contributed by atoms with Crippen LogP contribution in [0.15, 0.2) is 0 Å². The molecule has 0 amide bonds. The van der Waals surface area contributed by atoms with Crippen LogP contribution in [0.25, 0.3) is 0 Å². The summed E-state index contributed by atoms with van der Waals surface area (Å²) in [6.45, 7) is 5.91. The number of nitrogens with one attached hydrogen (secondary N) is 2. The monoisotopic (exact) mass is 262 g/mol. The quantitative estimate of drug-likeness (QED) is 0.843. The first-order valence-electron chi connectivity index (χ1n) is 6.01. The van der Waals surface area contributed by atoms with E-state index in [1.807, 2.05) is 39.8 Å². The van der Waals surface area contributed by atoms with E-state index in [4.69, 9.17) is 0 Å². The first-order chi connectivity index (χ1) is 8.99. The van der Waals surface area contributed by atoms with Crippen LogP contribution in [0.1, 0.15) is 30.0 Å². The van der Waals surface area contributed by atoms with Crippen LogP contribution in [0.4, 0.5) is 11.8 Å². The first-order valence-corrected chi connectivity index (χ1v) is 6.01. The van der Waals surface area contributed by atoms with Crippen molar-refractivity contribution >= 4 is 11.8 Å². The van der Waals surface area contributed by atoms with E-state index >= 15 is 0 Å². The van der Waals surface area contributed by atoms with Crippen LogP contribution in [0.5, 0.6) is 0 Å². The molecule has 0 saturated carbocycles. The van der Waals surface area contributed by atoms with Gasteiger partial charge in [0.1, 0.15) is 5.82 Å². The third-order valence-corrected chi connectivity index (χ3v) is 2.88. The van der Waals surface area contributed by atoms with Crippen molar-refractivity contribution in [2.45, 2.75) is 26.8 Å². The van der Waals surface area contributed by atoms with E-state index in [9.17, 15) is 0 Å². The molecule has 8 heteroatoms. The summed E-state index contributed by atoms with van der Waals surface area (Å²) in [6, 6.07) is -0.0817. The molecule has 0 saturated heterocycles. The standard InChI is InChI=1S/C11H18N8/c1-6-7(2)13-11(19(4)5)14-9(6)12-8(3)10-15-17-18-16-10/h8H,1-5H3,(H,12,13,14)(H,15,16,17,18). The fourth-order valence-electron chi connectivity index (χ4n) is 1.58. The number of anilines is 2. The Morgan fingerprint density at radius 3 is 2.53 bits per heavy atom. The Balaban J connectivity index is 2.29. The zero-order chi connectivity index (χ0) is 14.0. The second kappa shape index (κ2) is 5.17. The zero-order valence-electron chi connectivity index (χ0n) is 11.8. The van der Waals surface area contributed by atoms with Gasteiger partial charge in [0.2, 0.25) is 5.95 Å². The minimum Gasteiger partial charge on any atom is -0.360 e. The highest BCUT2D eigenvalue weighted by Gasteiger charge is 2.15. The van der Waals surface area contributed by atoms with Crippen molar-refractivity contribution in [2.75, 3.05) is 24.3 Å². The molecule has 0 aliphatic rings.